The summed E-state index contributed by atoms with van der Waals surface area (Å²) in [5.41, 5.74) is -4.16. The van der Waals surface area contributed by atoms with Crippen molar-refractivity contribution in [1.29, 1.82) is 0 Å². The van der Waals surface area contributed by atoms with E-state index in [0.29, 0.717) is 0 Å². The van der Waals surface area contributed by atoms with Gasteiger partial charge in [-0.1, -0.05) is 13.8 Å². The number of aliphatic hydroxyl groups is 1. The molecule has 0 bridgehead atoms. The van der Waals surface area contributed by atoms with E-state index in [4.69, 9.17) is 0 Å². The first-order chi connectivity index (χ1) is 15.9. The van der Waals surface area contributed by atoms with E-state index in [2.05, 4.69) is 10.3 Å². The van der Waals surface area contributed by atoms with Crippen LogP contribution in [0.15, 0.2) is 35.1 Å². The predicted molar refractivity (Wildman–Crippen MR) is 117 cm³/mol. The van der Waals surface area contributed by atoms with Gasteiger partial charge in [0.25, 0.3) is 0 Å². The highest BCUT2D eigenvalue weighted by molar-refractivity contribution is 5.91. The molecule has 3 aromatic rings. The van der Waals surface area contributed by atoms with Gasteiger partial charge in [-0.05, 0) is 55.0 Å². The number of halogens is 5. The number of fused-ring (bicyclic) bond motifs is 2. The molecule has 1 heterocycles. The molecule has 1 aliphatic rings. The highest BCUT2D eigenvalue weighted by atomic mass is 19.4. The van der Waals surface area contributed by atoms with Crippen molar-refractivity contribution in [1.82, 2.24) is 4.98 Å². The molecule has 34 heavy (non-hydrogen) atoms. The number of phenolic OH excluding ortho intramolecular Hbond substituents is 1. The number of pyridine rings is 1. The first-order valence-electron chi connectivity index (χ1n) is 10.8. The summed E-state index contributed by atoms with van der Waals surface area (Å²) in [5, 5.41) is 24.6. The quantitative estimate of drug-likeness (QED) is 0.374. The third-order valence-corrected chi connectivity index (χ3v) is 6.62. The predicted octanol–water partition coefficient (Wildman–Crippen LogP) is 5.42. The standard InChI is InChI=1S/C24H23F5N2O3/c1-3-11-10-23(34,24(27,28)29)22(15-9-16(26)13(4-2)21(33)20(11)15)31-18-8-12(25)7-17-14(18)5-6-19(32)30-17/h5-9,11,22,31,33-34H,3-4,10H2,1-2H3,(H,30,32)/t11-,22-,23+/m0/s1. The van der Waals surface area contributed by atoms with Crippen molar-refractivity contribution in [2.24, 2.45) is 0 Å². The molecule has 0 radical (unpaired) electrons. The fourth-order valence-electron chi connectivity index (χ4n) is 4.91. The number of benzene rings is 2. The summed E-state index contributed by atoms with van der Waals surface area (Å²) in [7, 11) is 0. The molecule has 1 aromatic heterocycles. The SMILES string of the molecule is CCc1c(F)cc2c(c1O)[C@@H](CC)C[C@](O)(C(F)(F)F)[C@H]2Nc1cc(F)cc2[nH]c(=O)ccc12. The van der Waals surface area contributed by atoms with Crippen molar-refractivity contribution >= 4 is 16.6 Å². The minimum Gasteiger partial charge on any atom is -0.507 e. The number of aromatic hydroxyl groups is 1. The maximum absolute atomic E-state index is 14.8. The van der Waals surface area contributed by atoms with Gasteiger partial charge in [0, 0.05) is 28.3 Å². The third kappa shape index (κ3) is 3.70. The molecule has 0 aliphatic heterocycles. The van der Waals surface area contributed by atoms with Crippen LogP contribution in [-0.2, 0) is 6.42 Å². The lowest BCUT2D eigenvalue weighted by Crippen LogP contribution is -2.55. The molecule has 182 valence electrons. The van der Waals surface area contributed by atoms with E-state index in [1.165, 1.54) is 6.07 Å². The van der Waals surface area contributed by atoms with Crippen molar-refractivity contribution in [2.45, 2.75) is 56.8 Å². The molecule has 2 aromatic carbocycles. The van der Waals surface area contributed by atoms with Gasteiger partial charge in [0.1, 0.15) is 17.4 Å². The Morgan fingerprint density at radius 2 is 1.88 bits per heavy atom. The van der Waals surface area contributed by atoms with Crippen molar-refractivity contribution in [3.63, 3.8) is 0 Å². The molecule has 0 unspecified atom stereocenters. The first kappa shape index (κ1) is 24.0. The largest absolute Gasteiger partial charge is 0.507 e. The van der Waals surface area contributed by atoms with E-state index >= 15 is 0 Å². The van der Waals surface area contributed by atoms with Gasteiger partial charge in [-0.3, -0.25) is 4.79 Å². The number of alkyl halides is 3. The number of rotatable bonds is 4. The second kappa shape index (κ2) is 8.26. The number of hydrogen-bond acceptors (Lipinski definition) is 4. The smallest absolute Gasteiger partial charge is 0.419 e. The summed E-state index contributed by atoms with van der Waals surface area (Å²) in [6.07, 6.45) is -5.65. The molecular formula is C24H23F5N2O3. The molecule has 0 spiro atoms. The second-order valence-electron chi connectivity index (χ2n) is 8.59. The molecule has 10 heteroatoms. The number of anilines is 1. The maximum Gasteiger partial charge on any atom is 0.419 e. The fraction of sp³-hybridized carbons (Fsp3) is 0.375. The third-order valence-electron chi connectivity index (χ3n) is 6.62. The number of aromatic nitrogens is 1. The number of hydrogen-bond donors (Lipinski definition) is 4. The first-order valence-corrected chi connectivity index (χ1v) is 10.8. The Hall–Kier alpha value is -3.14. The number of H-pyrrole nitrogens is 1. The van der Waals surface area contributed by atoms with Crippen LogP contribution in [0.5, 0.6) is 5.75 Å². The summed E-state index contributed by atoms with van der Waals surface area (Å²) in [6.45, 7) is 3.22. The Morgan fingerprint density at radius 1 is 1.18 bits per heavy atom. The van der Waals surface area contributed by atoms with E-state index in [1.54, 1.807) is 13.8 Å². The lowest BCUT2D eigenvalue weighted by atomic mass is 9.68. The van der Waals surface area contributed by atoms with E-state index in [-0.39, 0.29) is 46.1 Å². The summed E-state index contributed by atoms with van der Waals surface area (Å²) < 4.78 is 72.1. The molecule has 0 fully saturated rings. The Balaban J connectivity index is 2.00. The van der Waals surface area contributed by atoms with Crippen molar-refractivity contribution in [2.75, 3.05) is 5.32 Å². The number of phenols is 1. The molecular weight excluding hydrogens is 459 g/mol. The second-order valence-corrected chi connectivity index (χ2v) is 8.59. The van der Waals surface area contributed by atoms with Crippen molar-refractivity contribution in [3.05, 3.63) is 69.0 Å². The summed E-state index contributed by atoms with van der Waals surface area (Å²) in [5.74, 6) is -3.08. The Labute approximate surface area is 191 Å². The van der Waals surface area contributed by atoms with Crippen molar-refractivity contribution < 1.29 is 32.2 Å². The van der Waals surface area contributed by atoms with Crippen LogP contribution in [0.3, 0.4) is 0 Å². The monoisotopic (exact) mass is 482 g/mol. The lowest BCUT2D eigenvalue weighted by molar-refractivity contribution is -0.272. The van der Waals surface area contributed by atoms with Crippen molar-refractivity contribution in [3.8, 4) is 5.75 Å². The van der Waals surface area contributed by atoms with Crippen LogP contribution in [0.4, 0.5) is 27.6 Å². The Morgan fingerprint density at radius 3 is 2.50 bits per heavy atom. The minimum absolute atomic E-state index is 0.0258. The average Bonchev–Trinajstić information content (AvgIpc) is 2.74. The highest BCUT2D eigenvalue weighted by Crippen LogP contribution is 2.56. The van der Waals surface area contributed by atoms with E-state index in [9.17, 15) is 37.0 Å². The Kier molecular flexibility index (Phi) is 5.83. The fourth-order valence-corrected chi connectivity index (χ4v) is 4.91. The number of nitrogens with one attached hydrogen (secondary N) is 2. The van der Waals surface area contributed by atoms with Crippen LogP contribution < -0.4 is 10.9 Å². The van der Waals surface area contributed by atoms with Gasteiger partial charge in [0.2, 0.25) is 5.56 Å². The zero-order chi connectivity index (χ0) is 25.0. The van der Waals surface area contributed by atoms with Crippen LogP contribution in [0.2, 0.25) is 0 Å². The van der Waals surface area contributed by atoms with Gasteiger partial charge in [-0.25, -0.2) is 8.78 Å². The van der Waals surface area contributed by atoms with Gasteiger partial charge < -0.3 is 20.5 Å². The highest BCUT2D eigenvalue weighted by Gasteiger charge is 2.62. The van der Waals surface area contributed by atoms with Crippen LogP contribution >= 0.6 is 0 Å². The van der Waals surface area contributed by atoms with Gasteiger partial charge in [-0.15, -0.1) is 0 Å². The van der Waals surface area contributed by atoms with Crippen LogP contribution in [0, 0.1) is 11.6 Å². The molecule has 3 atom stereocenters. The molecule has 4 N–H and O–H groups in total. The summed E-state index contributed by atoms with van der Waals surface area (Å²) in [4.78, 5) is 14.0. The lowest BCUT2D eigenvalue weighted by Gasteiger charge is -2.46. The number of aromatic amines is 1. The van der Waals surface area contributed by atoms with Gasteiger partial charge >= 0.3 is 6.18 Å². The molecule has 5 nitrogen and oxygen atoms in total. The van der Waals surface area contributed by atoms with E-state index < -0.39 is 53.1 Å². The topological polar surface area (TPSA) is 85.3 Å². The van der Waals surface area contributed by atoms with Crippen LogP contribution in [0.25, 0.3) is 10.9 Å². The van der Waals surface area contributed by atoms with E-state index in [1.807, 2.05) is 0 Å². The van der Waals surface area contributed by atoms with Gasteiger partial charge in [-0.2, -0.15) is 13.2 Å². The zero-order valence-corrected chi connectivity index (χ0v) is 18.4. The summed E-state index contributed by atoms with van der Waals surface area (Å²) in [6, 6.07) is 3.31. The zero-order valence-electron chi connectivity index (χ0n) is 18.4. The van der Waals surface area contributed by atoms with Gasteiger partial charge in [0.05, 0.1) is 11.6 Å². The van der Waals surface area contributed by atoms with E-state index in [0.717, 1.165) is 24.3 Å². The normalized spacial score (nSPS) is 22.6. The molecule has 0 saturated carbocycles. The summed E-state index contributed by atoms with van der Waals surface area (Å²) >= 11 is 0. The average molecular weight is 482 g/mol. The Bertz CT molecular complexity index is 1320. The maximum atomic E-state index is 14.8. The molecule has 0 saturated heterocycles. The molecule has 4 rings (SSSR count). The van der Waals surface area contributed by atoms with Crippen LogP contribution in [-0.4, -0.2) is 27.0 Å². The van der Waals surface area contributed by atoms with Gasteiger partial charge in [0.15, 0.2) is 5.60 Å². The molecule has 1 aliphatic carbocycles. The minimum atomic E-state index is -5.14. The van der Waals surface area contributed by atoms with Crippen LogP contribution in [0.1, 0.15) is 55.3 Å². The molecule has 0 amide bonds.